The number of nitrogens with zero attached hydrogens (tertiary/aromatic N) is 2. The fraction of sp³-hybridized carbons (Fsp3) is 0.600. The average Bonchev–Trinajstić information content (AvgIpc) is 2.30. The Morgan fingerprint density at radius 1 is 1.33 bits per heavy atom. The summed E-state index contributed by atoms with van der Waals surface area (Å²) in [7, 11) is 0. The van der Waals surface area contributed by atoms with Gasteiger partial charge in [0.25, 0.3) is 0 Å². The first-order valence-corrected chi connectivity index (χ1v) is 6.69. The summed E-state index contributed by atoms with van der Waals surface area (Å²) in [5.74, 6) is 4.18. The van der Waals surface area contributed by atoms with Gasteiger partial charge in [0.1, 0.15) is 5.82 Å². The Kier molecular flexibility index (Phi) is 4.09. The molecule has 0 unspecified atom stereocenters. The molecule has 15 heavy (non-hydrogen) atoms. The summed E-state index contributed by atoms with van der Waals surface area (Å²) in [6, 6.07) is 3.63. The van der Waals surface area contributed by atoms with Gasteiger partial charge in [-0.3, -0.25) is 0 Å². The van der Waals surface area contributed by atoms with Crippen LogP contribution in [0.3, 0.4) is 0 Å². The van der Waals surface area contributed by atoms with E-state index in [1.165, 1.54) is 24.3 Å². The zero-order chi connectivity index (χ0) is 10.5. The Labute approximate surface area is 99.0 Å². The van der Waals surface area contributed by atoms with Crippen LogP contribution in [-0.4, -0.2) is 28.2 Å². The van der Waals surface area contributed by atoms with E-state index in [9.17, 15) is 0 Å². The second-order valence-electron chi connectivity index (χ2n) is 3.68. The minimum absolute atomic E-state index is 0.439. The maximum Gasteiger partial charge on any atom is 0.151 e. The van der Waals surface area contributed by atoms with E-state index in [0.717, 1.165) is 18.3 Å². The summed E-state index contributed by atoms with van der Waals surface area (Å²) >= 11 is 7.71. The SMILES string of the molecule is Clc1ccc(NCC2CCSCC2)nn1. The monoisotopic (exact) mass is 243 g/mol. The van der Waals surface area contributed by atoms with Crippen molar-refractivity contribution in [1.82, 2.24) is 10.2 Å². The molecule has 1 saturated heterocycles. The maximum absolute atomic E-state index is 5.66. The minimum atomic E-state index is 0.439. The van der Waals surface area contributed by atoms with Gasteiger partial charge in [-0.15, -0.1) is 10.2 Å². The third kappa shape index (κ3) is 3.54. The Balaban J connectivity index is 1.79. The minimum Gasteiger partial charge on any atom is -0.368 e. The van der Waals surface area contributed by atoms with Crippen molar-refractivity contribution in [2.24, 2.45) is 5.92 Å². The lowest BCUT2D eigenvalue weighted by Gasteiger charge is -2.21. The number of aromatic nitrogens is 2. The molecule has 1 fully saturated rings. The standard InChI is InChI=1S/C10H14ClN3S/c11-9-1-2-10(14-13-9)12-7-8-3-5-15-6-4-8/h1-2,8H,3-7H2,(H,12,14). The lowest BCUT2D eigenvalue weighted by atomic mass is 10.0. The predicted octanol–water partition coefficient (Wildman–Crippen LogP) is 2.69. The van der Waals surface area contributed by atoms with Crippen LogP contribution < -0.4 is 5.32 Å². The molecule has 3 nitrogen and oxygen atoms in total. The van der Waals surface area contributed by atoms with Crippen LogP contribution in [0.5, 0.6) is 0 Å². The van der Waals surface area contributed by atoms with Gasteiger partial charge in [0.15, 0.2) is 5.15 Å². The van der Waals surface area contributed by atoms with Crippen LogP contribution in [0.25, 0.3) is 0 Å². The van der Waals surface area contributed by atoms with Gasteiger partial charge in [0.05, 0.1) is 0 Å². The second kappa shape index (κ2) is 5.56. The Morgan fingerprint density at radius 3 is 2.80 bits per heavy atom. The van der Waals surface area contributed by atoms with Crippen molar-refractivity contribution < 1.29 is 0 Å². The van der Waals surface area contributed by atoms with Crippen molar-refractivity contribution in [3.63, 3.8) is 0 Å². The number of halogens is 1. The van der Waals surface area contributed by atoms with Crippen molar-refractivity contribution in [2.45, 2.75) is 12.8 Å². The highest BCUT2D eigenvalue weighted by molar-refractivity contribution is 7.99. The highest BCUT2D eigenvalue weighted by Crippen LogP contribution is 2.22. The van der Waals surface area contributed by atoms with E-state index in [4.69, 9.17) is 11.6 Å². The van der Waals surface area contributed by atoms with Crippen LogP contribution in [0, 0.1) is 5.92 Å². The molecule has 1 aromatic heterocycles. The first-order valence-electron chi connectivity index (χ1n) is 5.15. The lowest BCUT2D eigenvalue weighted by molar-refractivity contribution is 0.515. The van der Waals surface area contributed by atoms with E-state index in [-0.39, 0.29) is 0 Å². The molecule has 5 heteroatoms. The van der Waals surface area contributed by atoms with Crippen molar-refractivity contribution in [1.29, 1.82) is 0 Å². The fourth-order valence-corrected chi connectivity index (χ4v) is 2.91. The molecule has 2 rings (SSSR count). The molecule has 0 aliphatic carbocycles. The van der Waals surface area contributed by atoms with E-state index < -0.39 is 0 Å². The van der Waals surface area contributed by atoms with E-state index in [1.807, 2.05) is 17.8 Å². The summed E-state index contributed by atoms with van der Waals surface area (Å²) in [5, 5.41) is 11.5. The molecule has 1 N–H and O–H groups in total. The number of nitrogens with one attached hydrogen (secondary N) is 1. The highest BCUT2D eigenvalue weighted by Gasteiger charge is 2.13. The molecule has 1 aliphatic heterocycles. The number of hydrogen-bond acceptors (Lipinski definition) is 4. The summed E-state index contributed by atoms with van der Waals surface area (Å²) < 4.78 is 0. The first kappa shape index (κ1) is 11.0. The number of hydrogen-bond donors (Lipinski definition) is 1. The molecule has 0 spiro atoms. The first-order chi connectivity index (χ1) is 7.34. The highest BCUT2D eigenvalue weighted by atomic mass is 35.5. The Morgan fingerprint density at radius 2 is 2.13 bits per heavy atom. The zero-order valence-electron chi connectivity index (χ0n) is 8.45. The molecule has 2 heterocycles. The summed E-state index contributed by atoms with van der Waals surface area (Å²) in [6.45, 7) is 0.997. The molecule has 0 saturated carbocycles. The van der Waals surface area contributed by atoms with Crippen LogP contribution in [0.1, 0.15) is 12.8 Å². The molecule has 1 aliphatic rings. The van der Waals surface area contributed by atoms with Crippen molar-refractivity contribution in [3.8, 4) is 0 Å². The van der Waals surface area contributed by atoms with E-state index in [0.29, 0.717) is 5.15 Å². The summed E-state index contributed by atoms with van der Waals surface area (Å²) in [5.41, 5.74) is 0. The van der Waals surface area contributed by atoms with Crippen LogP contribution >= 0.6 is 23.4 Å². The van der Waals surface area contributed by atoms with Gasteiger partial charge in [-0.1, -0.05) is 11.6 Å². The molecule has 0 aromatic carbocycles. The largest absolute Gasteiger partial charge is 0.368 e. The molecule has 0 bridgehead atoms. The van der Waals surface area contributed by atoms with Gasteiger partial charge in [-0.2, -0.15) is 11.8 Å². The summed E-state index contributed by atoms with van der Waals surface area (Å²) in [4.78, 5) is 0. The topological polar surface area (TPSA) is 37.8 Å². The summed E-state index contributed by atoms with van der Waals surface area (Å²) in [6.07, 6.45) is 2.61. The van der Waals surface area contributed by atoms with Crippen molar-refractivity contribution >= 4 is 29.2 Å². The molecular weight excluding hydrogens is 230 g/mol. The van der Waals surface area contributed by atoms with Crippen molar-refractivity contribution in [2.75, 3.05) is 23.4 Å². The van der Waals surface area contributed by atoms with Crippen LogP contribution in [-0.2, 0) is 0 Å². The van der Waals surface area contributed by atoms with Gasteiger partial charge in [-0.05, 0) is 42.4 Å². The van der Waals surface area contributed by atoms with Crippen LogP contribution in [0.15, 0.2) is 12.1 Å². The predicted molar refractivity (Wildman–Crippen MR) is 65.6 cm³/mol. The van der Waals surface area contributed by atoms with E-state index in [2.05, 4.69) is 15.5 Å². The molecule has 0 radical (unpaired) electrons. The maximum atomic E-state index is 5.66. The van der Waals surface area contributed by atoms with E-state index in [1.54, 1.807) is 6.07 Å². The average molecular weight is 244 g/mol. The number of rotatable bonds is 3. The second-order valence-corrected chi connectivity index (χ2v) is 5.29. The van der Waals surface area contributed by atoms with Gasteiger partial charge < -0.3 is 5.32 Å². The number of anilines is 1. The van der Waals surface area contributed by atoms with Gasteiger partial charge in [0.2, 0.25) is 0 Å². The zero-order valence-corrected chi connectivity index (χ0v) is 10.0. The Hall–Kier alpha value is -0.480. The number of thioether (sulfide) groups is 1. The molecule has 0 amide bonds. The van der Waals surface area contributed by atoms with Gasteiger partial charge in [-0.25, -0.2) is 0 Å². The van der Waals surface area contributed by atoms with Gasteiger partial charge >= 0.3 is 0 Å². The van der Waals surface area contributed by atoms with Gasteiger partial charge in [0, 0.05) is 6.54 Å². The normalized spacial score (nSPS) is 17.7. The van der Waals surface area contributed by atoms with Crippen LogP contribution in [0.4, 0.5) is 5.82 Å². The van der Waals surface area contributed by atoms with Crippen molar-refractivity contribution in [3.05, 3.63) is 17.3 Å². The van der Waals surface area contributed by atoms with E-state index >= 15 is 0 Å². The molecule has 0 atom stereocenters. The molecular formula is C10H14ClN3S. The Bertz CT molecular complexity index is 298. The molecule has 1 aromatic rings. The quantitative estimate of drug-likeness (QED) is 0.886. The lowest BCUT2D eigenvalue weighted by Crippen LogP contribution is -2.19. The van der Waals surface area contributed by atoms with Crippen LogP contribution in [0.2, 0.25) is 5.15 Å². The molecule has 82 valence electrons. The fourth-order valence-electron chi connectivity index (χ4n) is 1.61. The smallest absolute Gasteiger partial charge is 0.151 e. The third-order valence-corrected chi connectivity index (χ3v) is 3.80. The third-order valence-electron chi connectivity index (χ3n) is 2.54.